The minimum atomic E-state index is 0.628. The van der Waals surface area contributed by atoms with E-state index < -0.39 is 0 Å². The third-order valence-electron chi connectivity index (χ3n) is 3.92. The molecule has 0 aromatic carbocycles. The van der Waals surface area contributed by atoms with Gasteiger partial charge in [-0.25, -0.2) is 0 Å². The summed E-state index contributed by atoms with van der Waals surface area (Å²) in [5.74, 6) is 0.631. The van der Waals surface area contributed by atoms with Crippen molar-refractivity contribution in [2.45, 2.75) is 45.1 Å². The fourth-order valence-electron chi connectivity index (χ4n) is 3.09. The van der Waals surface area contributed by atoms with E-state index in [0.29, 0.717) is 12.0 Å². The number of ether oxygens (including phenoxy) is 1. The Morgan fingerprint density at radius 1 is 1.41 bits per heavy atom. The van der Waals surface area contributed by atoms with Crippen molar-refractivity contribution < 1.29 is 4.74 Å². The summed E-state index contributed by atoms with van der Waals surface area (Å²) in [5, 5.41) is 3.70. The highest BCUT2D eigenvalue weighted by atomic mass is 16.5. The van der Waals surface area contributed by atoms with E-state index in [0.717, 1.165) is 13.2 Å². The van der Waals surface area contributed by atoms with E-state index in [4.69, 9.17) is 4.74 Å². The highest BCUT2D eigenvalue weighted by Crippen LogP contribution is 2.36. The predicted molar refractivity (Wildman–Crippen MR) is 72.1 cm³/mol. The Labute approximate surface area is 105 Å². The van der Waals surface area contributed by atoms with Gasteiger partial charge in [0, 0.05) is 19.1 Å². The SMILES string of the molecule is CCCN[C@H]1CCC(COC)C2=C1CCC=C2. The van der Waals surface area contributed by atoms with E-state index in [-0.39, 0.29) is 0 Å². The third-order valence-corrected chi connectivity index (χ3v) is 3.92. The summed E-state index contributed by atoms with van der Waals surface area (Å²) in [6, 6.07) is 0.628. The van der Waals surface area contributed by atoms with Crippen molar-refractivity contribution in [3.05, 3.63) is 23.3 Å². The Hall–Kier alpha value is -0.600. The van der Waals surface area contributed by atoms with E-state index in [1.165, 1.54) is 32.1 Å². The average molecular weight is 235 g/mol. The molecule has 0 saturated heterocycles. The molecule has 0 aromatic heterocycles. The molecule has 2 atom stereocenters. The van der Waals surface area contributed by atoms with Crippen LogP contribution in [-0.2, 0) is 4.74 Å². The molecule has 0 fully saturated rings. The molecule has 96 valence electrons. The Morgan fingerprint density at radius 3 is 3.06 bits per heavy atom. The van der Waals surface area contributed by atoms with Gasteiger partial charge in [-0.1, -0.05) is 19.1 Å². The van der Waals surface area contributed by atoms with Gasteiger partial charge in [-0.05, 0) is 49.8 Å². The van der Waals surface area contributed by atoms with Crippen LogP contribution in [0.2, 0.25) is 0 Å². The van der Waals surface area contributed by atoms with Gasteiger partial charge in [0.2, 0.25) is 0 Å². The van der Waals surface area contributed by atoms with Crippen molar-refractivity contribution >= 4 is 0 Å². The molecule has 1 unspecified atom stereocenters. The van der Waals surface area contributed by atoms with Gasteiger partial charge in [-0.15, -0.1) is 0 Å². The normalized spacial score (nSPS) is 28.4. The van der Waals surface area contributed by atoms with E-state index >= 15 is 0 Å². The van der Waals surface area contributed by atoms with Gasteiger partial charge in [-0.3, -0.25) is 0 Å². The van der Waals surface area contributed by atoms with Gasteiger partial charge in [0.05, 0.1) is 6.61 Å². The molecule has 2 aliphatic rings. The van der Waals surface area contributed by atoms with Crippen LogP contribution in [0.25, 0.3) is 0 Å². The Bertz CT molecular complexity index is 306. The molecule has 17 heavy (non-hydrogen) atoms. The molecule has 0 aromatic rings. The maximum absolute atomic E-state index is 5.36. The smallest absolute Gasteiger partial charge is 0.0530 e. The van der Waals surface area contributed by atoms with E-state index in [2.05, 4.69) is 24.4 Å². The topological polar surface area (TPSA) is 21.3 Å². The number of rotatable bonds is 5. The number of hydrogen-bond donors (Lipinski definition) is 1. The average Bonchev–Trinajstić information content (AvgIpc) is 2.38. The van der Waals surface area contributed by atoms with Gasteiger partial charge < -0.3 is 10.1 Å². The van der Waals surface area contributed by atoms with Crippen LogP contribution in [-0.4, -0.2) is 26.3 Å². The Kier molecular flexibility index (Phi) is 4.81. The first-order valence-electron chi connectivity index (χ1n) is 6.98. The van der Waals surface area contributed by atoms with Gasteiger partial charge in [0.25, 0.3) is 0 Å². The molecule has 2 aliphatic carbocycles. The zero-order chi connectivity index (χ0) is 12.1. The zero-order valence-corrected chi connectivity index (χ0v) is 11.2. The van der Waals surface area contributed by atoms with Crippen LogP contribution in [0.1, 0.15) is 39.0 Å². The van der Waals surface area contributed by atoms with E-state index in [1.54, 1.807) is 11.1 Å². The second-order valence-electron chi connectivity index (χ2n) is 5.16. The number of allylic oxidation sites excluding steroid dienone is 2. The molecule has 0 aliphatic heterocycles. The highest BCUT2D eigenvalue weighted by Gasteiger charge is 2.28. The van der Waals surface area contributed by atoms with Crippen LogP contribution in [0.15, 0.2) is 23.3 Å². The van der Waals surface area contributed by atoms with Crippen molar-refractivity contribution in [3.8, 4) is 0 Å². The second-order valence-corrected chi connectivity index (χ2v) is 5.16. The quantitative estimate of drug-likeness (QED) is 0.791. The van der Waals surface area contributed by atoms with E-state index in [1.807, 2.05) is 7.11 Å². The van der Waals surface area contributed by atoms with Crippen LogP contribution >= 0.6 is 0 Å². The molecule has 0 saturated carbocycles. The fraction of sp³-hybridized carbons (Fsp3) is 0.733. The first kappa shape index (κ1) is 12.8. The molecule has 2 heteroatoms. The molecular weight excluding hydrogens is 210 g/mol. The third kappa shape index (κ3) is 2.99. The molecule has 0 radical (unpaired) electrons. The largest absolute Gasteiger partial charge is 0.384 e. The van der Waals surface area contributed by atoms with Crippen LogP contribution in [0, 0.1) is 5.92 Å². The number of methoxy groups -OCH3 is 1. The van der Waals surface area contributed by atoms with Crippen molar-refractivity contribution in [3.63, 3.8) is 0 Å². The first-order chi connectivity index (χ1) is 8.36. The van der Waals surface area contributed by atoms with Gasteiger partial charge in [0.15, 0.2) is 0 Å². The molecular formula is C15H25NO. The number of nitrogens with one attached hydrogen (secondary N) is 1. The molecule has 2 nitrogen and oxygen atoms in total. The minimum Gasteiger partial charge on any atom is -0.384 e. The molecule has 2 rings (SSSR count). The predicted octanol–water partition coefficient (Wildman–Crippen LogP) is 3.06. The van der Waals surface area contributed by atoms with Gasteiger partial charge in [-0.2, -0.15) is 0 Å². The lowest BCUT2D eigenvalue weighted by Crippen LogP contribution is -2.37. The highest BCUT2D eigenvalue weighted by molar-refractivity contribution is 5.36. The van der Waals surface area contributed by atoms with E-state index in [9.17, 15) is 0 Å². The first-order valence-corrected chi connectivity index (χ1v) is 6.98. The Morgan fingerprint density at radius 2 is 2.29 bits per heavy atom. The molecule has 1 N–H and O–H groups in total. The minimum absolute atomic E-state index is 0.628. The summed E-state index contributed by atoms with van der Waals surface area (Å²) in [6.07, 6.45) is 10.9. The van der Waals surface area contributed by atoms with Crippen molar-refractivity contribution in [1.82, 2.24) is 5.32 Å². The lowest BCUT2D eigenvalue weighted by Gasteiger charge is -2.35. The lowest BCUT2D eigenvalue weighted by atomic mass is 9.76. The summed E-state index contributed by atoms with van der Waals surface area (Å²) in [7, 11) is 1.81. The maximum Gasteiger partial charge on any atom is 0.0530 e. The molecule has 0 spiro atoms. The zero-order valence-electron chi connectivity index (χ0n) is 11.2. The summed E-state index contributed by atoms with van der Waals surface area (Å²) in [5.41, 5.74) is 3.23. The number of hydrogen-bond acceptors (Lipinski definition) is 2. The Balaban J connectivity index is 2.12. The molecule has 0 bridgehead atoms. The van der Waals surface area contributed by atoms with Gasteiger partial charge in [0.1, 0.15) is 0 Å². The summed E-state index contributed by atoms with van der Waals surface area (Å²) >= 11 is 0. The summed E-state index contributed by atoms with van der Waals surface area (Å²) in [6.45, 7) is 4.25. The summed E-state index contributed by atoms with van der Waals surface area (Å²) in [4.78, 5) is 0. The maximum atomic E-state index is 5.36. The monoisotopic (exact) mass is 235 g/mol. The van der Waals surface area contributed by atoms with Crippen LogP contribution in [0.3, 0.4) is 0 Å². The lowest BCUT2D eigenvalue weighted by molar-refractivity contribution is 0.156. The van der Waals surface area contributed by atoms with Crippen molar-refractivity contribution in [1.29, 1.82) is 0 Å². The van der Waals surface area contributed by atoms with Crippen molar-refractivity contribution in [2.24, 2.45) is 5.92 Å². The van der Waals surface area contributed by atoms with Crippen LogP contribution in [0.5, 0.6) is 0 Å². The molecule has 0 amide bonds. The molecule has 0 heterocycles. The standard InChI is InChI=1S/C15H25NO/c1-3-10-16-15-9-8-12(11-17-2)13-6-4-5-7-14(13)15/h4,6,12,15-16H,3,5,7-11H2,1-2H3/t12?,15-/m0/s1. The van der Waals surface area contributed by atoms with Crippen LogP contribution < -0.4 is 5.32 Å². The second kappa shape index (κ2) is 6.36. The van der Waals surface area contributed by atoms with Gasteiger partial charge >= 0.3 is 0 Å². The fourth-order valence-corrected chi connectivity index (χ4v) is 3.09. The van der Waals surface area contributed by atoms with Crippen LogP contribution in [0.4, 0.5) is 0 Å². The van der Waals surface area contributed by atoms with Crippen molar-refractivity contribution in [2.75, 3.05) is 20.3 Å². The summed E-state index contributed by atoms with van der Waals surface area (Å²) < 4.78 is 5.36.